The average Bonchev–Trinajstić information content (AvgIpc) is 2.58. The molecule has 0 aliphatic heterocycles. The highest BCUT2D eigenvalue weighted by Crippen LogP contribution is 2.31. The number of nitrogens with two attached hydrogens (primary N) is 1. The third-order valence-corrected chi connectivity index (χ3v) is 3.48. The molecule has 0 fully saturated rings. The summed E-state index contributed by atoms with van der Waals surface area (Å²) in [6.07, 6.45) is 1.70. The summed E-state index contributed by atoms with van der Waals surface area (Å²) in [6.45, 7) is -0.241. The van der Waals surface area contributed by atoms with Gasteiger partial charge in [0, 0.05) is 10.6 Å². The summed E-state index contributed by atoms with van der Waals surface area (Å²) in [5, 5.41) is 9.91. The molecule has 2 rings (SSSR count). The van der Waals surface area contributed by atoms with Crippen molar-refractivity contribution in [2.24, 2.45) is 5.73 Å². The SMILES string of the molecule is COc1cc(C=C(C#N)c2ccccc2Cl)ccc1OCC(N)=O. The highest BCUT2D eigenvalue weighted by molar-refractivity contribution is 6.32. The molecule has 2 aromatic rings. The van der Waals surface area contributed by atoms with Crippen molar-refractivity contribution in [1.29, 1.82) is 5.26 Å². The Balaban J connectivity index is 2.36. The Hall–Kier alpha value is -2.97. The number of allylic oxidation sites excluding steroid dienone is 1. The van der Waals surface area contributed by atoms with Gasteiger partial charge in [-0.05, 0) is 29.8 Å². The summed E-state index contributed by atoms with van der Waals surface area (Å²) in [4.78, 5) is 10.8. The van der Waals surface area contributed by atoms with E-state index in [1.807, 2.05) is 6.07 Å². The quantitative estimate of drug-likeness (QED) is 0.644. The van der Waals surface area contributed by atoms with Crippen LogP contribution >= 0.6 is 11.6 Å². The van der Waals surface area contributed by atoms with Crippen LogP contribution in [-0.4, -0.2) is 19.6 Å². The number of carbonyl (C=O) groups excluding carboxylic acids is 1. The van der Waals surface area contributed by atoms with Crippen LogP contribution in [0.2, 0.25) is 5.02 Å². The molecule has 0 atom stereocenters. The zero-order valence-electron chi connectivity index (χ0n) is 13.0. The molecule has 0 bridgehead atoms. The number of primary amides is 1. The molecule has 122 valence electrons. The van der Waals surface area contributed by atoms with E-state index in [0.717, 1.165) is 5.56 Å². The van der Waals surface area contributed by atoms with Gasteiger partial charge in [0.25, 0.3) is 5.91 Å². The minimum Gasteiger partial charge on any atom is -0.493 e. The summed E-state index contributed by atoms with van der Waals surface area (Å²) in [5.74, 6) is 0.248. The molecule has 24 heavy (non-hydrogen) atoms. The van der Waals surface area contributed by atoms with Gasteiger partial charge < -0.3 is 15.2 Å². The van der Waals surface area contributed by atoms with Crippen molar-refractivity contribution in [3.8, 4) is 17.6 Å². The fraction of sp³-hybridized carbons (Fsp3) is 0.111. The fourth-order valence-corrected chi connectivity index (χ4v) is 2.30. The van der Waals surface area contributed by atoms with E-state index in [0.29, 0.717) is 27.7 Å². The van der Waals surface area contributed by atoms with E-state index in [1.54, 1.807) is 42.5 Å². The molecule has 0 saturated heterocycles. The predicted molar refractivity (Wildman–Crippen MR) is 92.6 cm³/mol. The van der Waals surface area contributed by atoms with E-state index in [-0.39, 0.29) is 6.61 Å². The van der Waals surface area contributed by atoms with Crippen LogP contribution in [0, 0.1) is 11.3 Å². The molecule has 6 heteroatoms. The first-order valence-electron chi connectivity index (χ1n) is 7.01. The van der Waals surface area contributed by atoms with Crippen molar-refractivity contribution in [3.05, 3.63) is 58.6 Å². The Morgan fingerprint density at radius 1 is 1.29 bits per heavy atom. The molecule has 2 N–H and O–H groups in total. The summed E-state index contributed by atoms with van der Waals surface area (Å²) >= 11 is 6.14. The second-order valence-electron chi connectivity index (χ2n) is 4.81. The van der Waals surface area contributed by atoms with Crippen molar-refractivity contribution in [1.82, 2.24) is 0 Å². The lowest BCUT2D eigenvalue weighted by Crippen LogP contribution is -2.20. The lowest BCUT2D eigenvalue weighted by Gasteiger charge is -2.10. The number of carbonyl (C=O) groups is 1. The van der Waals surface area contributed by atoms with Gasteiger partial charge in [-0.1, -0.05) is 35.9 Å². The third kappa shape index (κ3) is 4.28. The number of rotatable bonds is 6. The lowest BCUT2D eigenvalue weighted by atomic mass is 10.0. The van der Waals surface area contributed by atoms with Gasteiger partial charge in [-0.2, -0.15) is 5.26 Å². The number of methoxy groups -OCH3 is 1. The van der Waals surface area contributed by atoms with Crippen LogP contribution in [0.15, 0.2) is 42.5 Å². The van der Waals surface area contributed by atoms with Crippen LogP contribution in [0.3, 0.4) is 0 Å². The average molecular weight is 343 g/mol. The van der Waals surface area contributed by atoms with E-state index >= 15 is 0 Å². The molecular weight excluding hydrogens is 328 g/mol. The molecule has 0 heterocycles. The fourth-order valence-electron chi connectivity index (χ4n) is 2.06. The number of benzene rings is 2. The molecule has 5 nitrogen and oxygen atoms in total. The molecule has 2 aromatic carbocycles. The first kappa shape index (κ1) is 17.4. The maximum Gasteiger partial charge on any atom is 0.255 e. The van der Waals surface area contributed by atoms with Crippen LogP contribution in [0.1, 0.15) is 11.1 Å². The molecule has 1 amide bonds. The van der Waals surface area contributed by atoms with E-state index in [2.05, 4.69) is 6.07 Å². The molecule has 0 spiro atoms. The van der Waals surface area contributed by atoms with Crippen LogP contribution in [0.5, 0.6) is 11.5 Å². The molecule has 0 radical (unpaired) electrons. The first-order chi connectivity index (χ1) is 11.5. The smallest absolute Gasteiger partial charge is 0.255 e. The molecule has 0 saturated carbocycles. The number of hydrogen-bond donors (Lipinski definition) is 1. The van der Waals surface area contributed by atoms with Crippen LogP contribution in [-0.2, 0) is 4.79 Å². The van der Waals surface area contributed by atoms with Gasteiger partial charge in [-0.15, -0.1) is 0 Å². The molecule has 0 aromatic heterocycles. The van der Waals surface area contributed by atoms with E-state index in [9.17, 15) is 10.1 Å². The highest BCUT2D eigenvalue weighted by atomic mass is 35.5. The van der Waals surface area contributed by atoms with Crippen molar-refractivity contribution < 1.29 is 14.3 Å². The Morgan fingerprint density at radius 3 is 2.67 bits per heavy atom. The summed E-state index contributed by atoms with van der Waals surface area (Å²) in [6, 6.07) is 14.3. The Labute approximate surface area is 144 Å². The van der Waals surface area contributed by atoms with Gasteiger partial charge in [0.05, 0.1) is 18.8 Å². The second kappa shape index (κ2) is 8.04. The maximum atomic E-state index is 10.8. The molecular formula is C18H15ClN2O3. The minimum absolute atomic E-state index is 0.241. The second-order valence-corrected chi connectivity index (χ2v) is 5.22. The summed E-state index contributed by atoms with van der Waals surface area (Å²) in [7, 11) is 1.49. The van der Waals surface area contributed by atoms with E-state index in [1.165, 1.54) is 7.11 Å². The maximum absolute atomic E-state index is 10.8. The minimum atomic E-state index is -0.577. The number of hydrogen-bond acceptors (Lipinski definition) is 4. The van der Waals surface area contributed by atoms with Gasteiger partial charge >= 0.3 is 0 Å². The standard InChI is InChI=1S/C18H15ClN2O3/c1-23-17-9-12(6-7-16(17)24-11-18(21)22)8-13(10-20)14-4-2-3-5-15(14)19/h2-9H,11H2,1H3,(H2,21,22). The van der Waals surface area contributed by atoms with Crippen LogP contribution in [0.4, 0.5) is 0 Å². The number of nitriles is 1. The number of amides is 1. The molecule has 0 unspecified atom stereocenters. The zero-order valence-corrected chi connectivity index (χ0v) is 13.7. The third-order valence-electron chi connectivity index (χ3n) is 3.15. The lowest BCUT2D eigenvalue weighted by molar-refractivity contribution is -0.119. The van der Waals surface area contributed by atoms with Gasteiger partial charge in [-0.25, -0.2) is 0 Å². The van der Waals surface area contributed by atoms with Crippen molar-refractivity contribution >= 4 is 29.2 Å². The Bertz CT molecular complexity index is 825. The number of halogens is 1. The van der Waals surface area contributed by atoms with E-state index < -0.39 is 5.91 Å². The van der Waals surface area contributed by atoms with Gasteiger partial charge in [0.15, 0.2) is 18.1 Å². The largest absolute Gasteiger partial charge is 0.493 e. The predicted octanol–water partition coefficient (Wildman–Crippen LogP) is 3.28. The van der Waals surface area contributed by atoms with Crippen molar-refractivity contribution in [2.75, 3.05) is 13.7 Å². The Morgan fingerprint density at radius 2 is 2.04 bits per heavy atom. The van der Waals surface area contributed by atoms with Gasteiger partial charge in [0.2, 0.25) is 0 Å². The molecule has 0 aliphatic rings. The number of ether oxygens (including phenoxy) is 2. The van der Waals surface area contributed by atoms with Crippen LogP contribution < -0.4 is 15.2 Å². The van der Waals surface area contributed by atoms with Gasteiger partial charge in [-0.3, -0.25) is 4.79 Å². The summed E-state index contributed by atoms with van der Waals surface area (Å²) in [5.41, 5.74) is 6.87. The zero-order chi connectivity index (χ0) is 17.5. The highest BCUT2D eigenvalue weighted by Gasteiger charge is 2.09. The van der Waals surface area contributed by atoms with E-state index in [4.69, 9.17) is 26.8 Å². The molecule has 0 aliphatic carbocycles. The van der Waals surface area contributed by atoms with Crippen molar-refractivity contribution in [3.63, 3.8) is 0 Å². The van der Waals surface area contributed by atoms with Gasteiger partial charge in [0.1, 0.15) is 0 Å². The topological polar surface area (TPSA) is 85.3 Å². The van der Waals surface area contributed by atoms with Crippen LogP contribution in [0.25, 0.3) is 11.6 Å². The normalized spacial score (nSPS) is 10.8. The number of nitrogens with zero attached hydrogens (tertiary/aromatic N) is 1. The Kier molecular flexibility index (Phi) is 5.83. The monoisotopic (exact) mass is 342 g/mol. The first-order valence-corrected chi connectivity index (χ1v) is 7.38. The summed E-state index contributed by atoms with van der Waals surface area (Å²) < 4.78 is 10.5. The van der Waals surface area contributed by atoms with Crippen molar-refractivity contribution in [2.45, 2.75) is 0 Å².